The molecule has 33 heavy (non-hydrogen) atoms. The predicted octanol–water partition coefficient (Wildman–Crippen LogP) is 5.07. The number of hydrogen-bond acceptors (Lipinski definition) is 3. The lowest BCUT2D eigenvalue weighted by Gasteiger charge is -2.29. The quantitative estimate of drug-likeness (QED) is 0.414. The van der Waals surface area contributed by atoms with Crippen molar-refractivity contribution in [2.75, 3.05) is 11.4 Å². The maximum absolute atomic E-state index is 14.1. The normalized spacial score (nSPS) is 14.5. The monoisotopic (exact) mass is 497 g/mol. The predicted molar refractivity (Wildman–Crippen MR) is 105 cm³/mol. The highest BCUT2D eigenvalue weighted by molar-refractivity contribution is 7.89. The molecule has 180 valence electrons. The van der Waals surface area contributed by atoms with Crippen LogP contribution in [-0.2, 0) is 38.7 Å². The highest BCUT2D eigenvalue weighted by Gasteiger charge is 2.42. The van der Waals surface area contributed by atoms with Crippen LogP contribution in [0.4, 0.5) is 36.4 Å². The Labute approximate surface area is 184 Å². The Kier molecular flexibility index (Phi) is 6.79. The van der Waals surface area contributed by atoms with E-state index in [1.54, 1.807) is 4.90 Å². The molecule has 2 aromatic carbocycles. The van der Waals surface area contributed by atoms with E-state index in [1.807, 2.05) is 6.92 Å². The number of benzene rings is 2. The van der Waals surface area contributed by atoms with Gasteiger partial charge in [0.05, 0.1) is 11.5 Å². The van der Waals surface area contributed by atoms with E-state index >= 15 is 0 Å². The van der Waals surface area contributed by atoms with E-state index in [1.165, 1.54) is 18.2 Å². The fraction of sp³-hybridized carbons (Fsp3) is 0.381. The van der Waals surface area contributed by atoms with Crippen molar-refractivity contribution in [2.45, 2.75) is 43.9 Å². The SMILES string of the molecule is CCCN1C(=O)CCc2cc(CS(=O)(=O)Cc3c(F)c(F)c(C(F)(F)F)c(F)c3F)ccc21. The zero-order chi connectivity index (χ0) is 24.7. The number of halogens is 7. The number of rotatable bonds is 6. The first-order chi connectivity index (χ1) is 15.3. The molecule has 0 saturated carbocycles. The largest absolute Gasteiger partial charge is 0.422 e. The van der Waals surface area contributed by atoms with Gasteiger partial charge in [0.15, 0.2) is 33.1 Å². The van der Waals surface area contributed by atoms with Gasteiger partial charge < -0.3 is 4.90 Å². The van der Waals surface area contributed by atoms with E-state index in [-0.39, 0.29) is 17.9 Å². The van der Waals surface area contributed by atoms with Gasteiger partial charge in [0.1, 0.15) is 5.56 Å². The molecule has 0 radical (unpaired) electrons. The third-order valence-electron chi connectivity index (χ3n) is 5.18. The number of anilines is 1. The molecule has 0 unspecified atom stereocenters. The Morgan fingerprint density at radius 2 is 1.55 bits per heavy atom. The van der Waals surface area contributed by atoms with Crippen molar-refractivity contribution in [3.05, 3.63) is 63.7 Å². The van der Waals surface area contributed by atoms with Gasteiger partial charge in [-0.05, 0) is 30.0 Å². The van der Waals surface area contributed by atoms with E-state index in [4.69, 9.17) is 0 Å². The van der Waals surface area contributed by atoms with Crippen LogP contribution >= 0.6 is 0 Å². The van der Waals surface area contributed by atoms with Crippen LogP contribution < -0.4 is 4.90 Å². The van der Waals surface area contributed by atoms with E-state index in [2.05, 4.69) is 0 Å². The lowest BCUT2D eigenvalue weighted by molar-refractivity contribution is -0.143. The summed E-state index contributed by atoms with van der Waals surface area (Å²) in [6.07, 6.45) is -4.47. The number of nitrogens with zero attached hydrogens (tertiary/aromatic N) is 1. The highest BCUT2D eigenvalue weighted by atomic mass is 32.2. The van der Waals surface area contributed by atoms with Crippen LogP contribution in [0.5, 0.6) is 0 Å². The molecule has 1 aliphatic heterocycles. The molecule has 0 spiro atoms. The van der Waals surface area contributed by atoms with E-state index in [0.29, 0.717) is 30.6 Å². The smallest absolute Gasteiger partial charge is 0.312 e. The summed E-state index contributed by atoms with van der Waals surface area (Å²) in [5.41, 5.74) is -2.93. The second-order valence-electron chi connectivity index (χ2n) is 7.65. The minimum absolute atomic E-state index is 0.0815. The number of amides is 1. The number of aryl methyl sites for hydroxylation is 1. The average Bonchev–Trinajstić information content (AvgIpc) is 2.71. The molecule has 3 rings (SSSR count). The first-order valence-electron chi connectivity index (χ1n) is 9.81. The first kappa shape index (κ1) is 25.0. The van der Waals surface area contributed by atoms with Crippen LogP contribution in [0.25, 0.3) is 0 Å². The molecular formula is C21H18F7NO3S. The summed E-state index contributed by atoms with van der Waals surface area (Å²) in [5.74, 6) is -12.7. The minimum atomic E-state index is -5.72. The number of sulfone groups is 1. The van der Waals surface area contributed by atoms with Crippen LogP contribution in [0, 0.1) is 23.3 Å². The molecule has 0 aliphatic carbocycles. The standard InChI is InChI=1S/C21H18F7NO3S/c1-2-7-29-14-5-3-11(8-12(14)4-6-15(29)30)9-33(31,32)10-13-17(22)19(24)16(21(26,27)28)20(25)18(13)23/h3,5,8H,2,4,6-7,9-10H2,1H3. The van der Waals surface area contributed by atoms with Gasteiger partial charge in [-0.1, -0.05) is 19.1 Å². The second kappa shape index (κ2) is 8.96. The molecule has 1 aliphatic rings. The minimum Gasteiger partial charge on any atom is -0.312 e. The molecule has 4 nitrogen and oxygen atoms in total. The van der Waals surface area contributed by atoms with Gasteiger partial charge in [-0.3, -0.25) is 4.79 Å². The number of carbonyl (C=O) groups excluding carboxylic acids is 1. The summed E-state index contributed by atoms with van der Waals surface area (Å²) < 4.78 is 119. The molecule has 0 fully saturated rings. The van der Waals surface area contributed by atoms with E-state index in [0.717, 1.165) is 0 Å². The second-order valence-corrected chi connectivity index (χ2v) is 9.71. The van der Waals surface area contributed by atoms with Gasteiger partial charge in [0.2, 0.25) is 5.91 Å². The van der Waals surface area contributed by atoms with Gasteiger partial charge in [-0.15, -0.1) is 0 Å². The Bertz CT molecular complexity index is 1180. The highest BCUT2D eigenvalue weighted by Crippen LogP contribution is 2.37. The lowest BCUT2D eigenvalue weighted by atomic mass is 9.99. The molecule has 1 amide bonds. The van der Waals surface area contributed by atoms with E-state index < -0.39 is 61.9 Å². The van der Waals surface area contributed by atoms with Gasteiger partial charge >= 0.3 is 6.18 Å². The van der Waals surface area contributed by atoms with Gasteiger partial charge in [-0.25, -0.2) is 26.0 Å². The van der Waals surface area contributed by atoms with Gasteiger partial charge in [0, 0.05) is 24.2 Å². The van der Waals surface area contributed by atoms with Crippen molar-refractivity contribution < 1.29 is 43.9 Å². The summed E-state index contributed by atoms with van der Waals surface area (Å²) in [5, 5.41) is 0. The molecule has 12 heteroatoms. The summed E-state index contributed by atoms with van der Waals surface area (Å²) in [7, 11) is -4.45. The lowest BCUT2D eigenvalue weighted by Crippen LogP contribution is -2.35. The fourth-order valence-corrected chi connectivity index (χ4v) is 5.23. The van der Waals surface area contributed by atoms with Gasteiger partial charge in [-0.2, -0.15) is 13.2 Å². The Morgan fingerprint density at radius 1 is 0.939 bits per heavy atom. The Hall–Kier alpha value is -2.63. The van der Waals surface area contributed by atoms with Crippen molar-refractivity contribution >= 4 is 21.4 Å². The number of carbonyl (C=O) groups is 1. The Morgan fingerprint density at radius 3 is 2.09 bits per heavy atom. The number of hydrogen-bond donors (Lipinski definition) is 0. The molecule has 0 aromatic heterocycles. The molecule has 0 bridgehead atoms. The molecule has 0 saturated heterocycles. The molecule has 1 heterocycles. The average molecular weight is 497 g/mol. The van der Waals surface area contributed by atoms with E-state index in [9.17, 15) is 43.9 Å². The summed E-state index contributed by atoms with van der Waals surface area (Å²) in [6, 6.07) is 4.42. The molecule has 0 atom stereocenters. The van der Waals surface area contributed by atoms with Crippen LogP contribution in [0.3, 0.4) is 0 Å². The van der Waals surface area contributed by atoms with Crippen LogP contribution in [0.2, 0.25) is 0 Å². The number of alkyl halides is 3. The maximum atomic E-state index is 14.1. The maximum Gasteiger partial charge on any atom is 0.422 e. The molecule has 0 N–H and O–H groups in total. The summed E-state index contributed by atoms with van der Waals surface area (Å²) in [6.45, 7) is 2.35. The van der Waals surface area contributed by atoms with Crippen molar-refractivity contribution in [1.82, 2.24) is 0 Å². The zero-order valence-electron chi connectivity index (χ0n) is 17.2. The van der Waals surface area contributed by atoms with Crippen LogP contribution in [0.1, 0.15) is 42.0 Å². The zero-order valence-corrected chi connectivity index (χ0v) is 18.0. The third kappa shape index (κ3) is 4.99. The summed E-state index contributed by atoms with van der Waals surface area (Å²) in [4.78, 5) is 13.7. The Balaban J connectivity index is 1.91. The molecular weight excluding hydrogens is 479 g/mol. The van der Waals surface area contributed by atoms with Gasteiger partial charge in [0.25, 0.3) is 0 Å². The van der Waals surface area contributed by atoms with Crippen LogP contribution in [0.15, 0.2) is 18.2 Å². The van der Waals surface area contributed by atoms with Crippen molar-refractivity contribution in [2.24, 2.45) is 0 Å². The van der Waals surface area contributed by atoms with Crippen molar-refractivity contribution in [1.29, 1.82) is 0 Å². The fourth-order valence-electron chi connectivity index (χ4n) is 3.75. The van der Waals surface area contributed by atoms with Crippen molar-refractivity contribution in [3.63, 3.8) is 0 Å². The number of fused-ring (bicyclic) bond motifs is 1. The first-order valence-corrected chi connectivity index (χ1v) is 11.6. The molecule has 2 aromatic rings. The van der Waals surface area contributed by atoms with Crippen LogP contribution in [-0.4, -0.2) is 20.9 Å². The topological polar surface area (TPSA) is 54.5 Å². The summed E-state index contributed by atoms with van der Waals surface area (Å²) >= 11 is 0. The van der Waals surface area contributed by atoms with Crippen molar-refractivity contribution in [3.8, 4) is 0 Å². The third-order valence-corrected chi connectivity index (χ3v) is 6.68.